The number of amides is 1. The molecule has 3 fully saturated rings. The van der Waals surface area contributed by atoms with Crippen LogP contribution in [0.15, 0.2) is 48.7 Å². The second-order valence-electron chi connectivity index (χ2n) is 9.73. The van der Waals surface area contributed by atoms with Crippen molar-refractivity contribution in [2.75, 3.05) is 32.8 Å². The van der Waals surface area contributed by atoms with E-state index in [1.165, 1.54) is 12.8 Å². The van der Waals surface area contributed by atoms with Crippen molar-refractivity contribution in [3.8, 4) is 5.75 Å². The third kappa shape index (κ3) is 6.33. The van der Waals surface area contributed by atoms with Crippen molar-refractivity contribution >= 4 is 5.91 Å². The first-order valence-electron chi connectivity index (χ1n) is 12.5. The minimum atomic E-state index is 0.117. The molecule has 5 rings (SSSR count). The van der Waals surface area contributed by atoms with Crippen LogP contribution >= 0.6 is 0 Å². The van der Waals surface area contributed by atoms with Gasteiger partial charge in [-0.25, -0.2) is 0 Å². The summed E-state index contributed by atoms with van der Waals surface area (Å²) in [4.78, 5) is 22.1. The molecule has 1 aromatic heterocycles. The van der Waals surface area contributed by atoms with Gasteiger partial charge in [0.05, 0.1) is 11.8 Å². The second kappa shape index (κ2) is 10.7. The van der Waals surface area contributed by atoms with Gasteiger partial charge in [-0.2, -0.15) is 0 Å². The van der Waals surface area contributed by atoms with Gasteiger partial charge in [-0.3, -0.25) is 14.7 Å². The maximum absolute atomic E-state index is 13.2. The Kier molecular flexibility index (Phi) is 7.22. The number of piperidine rings is 1. The molecule has 1 saturated carbocycles. The summed E-state index contributed by atoms with van der Waals surface area (Å²) in [5.74, 6) is 1.64. The van der Waals surface area contributed by atoms with Crippen LogP contribution in [0.2, 0.25) is 0 Å². The molecule has 0 spiro atoms. The maximum Gasteiger partial charge on any atom is 0.253 e. The molecule has 0 bridgehead atoms. The molecule has 1 aromatic carbocycles. The number of hydrogen-bond acceptors (Lipinski definition) is 5. The quantitative estimate of drug-likeness (QED) is 0.576. The van der Waals surface area contributed by atoms with E-state index >= 15 is 0 Å². The highest BCUT2D eigenvalue weighted by atomic mass is 16.5. The molecule has 33 heavy (non-hydrogen) atoms. The largest absolute Gasteiger partial charge is 0.490 e. The summed E-state index contributed by atoms with van der Waals surface area (Å²) in [5.41, 5.74) is 1.86. The minimum Gasteiger partial charge on any atom is -0.490 e. The third-order valence-corrected chi connectivity index (χ3v) is 6.96. The van der Waals surface area contributed by atoms with Crippen LogP contribution in [0.25, 0.3) is 0 Å². The smallest absolute Gasteiger partial charge is 0.253 e. The number of aromatic nitrogens is 1. The van der Waals surface area contributed by atoms with Gasteiger partial charge >= 0.3 is 0 Å². The van der Waals surface area contributed by atoms with Crippen LogP contribution in [0.3, 0.4) is 0 Å². The highest BCUT2D eigenvalue weighted by molar-refractivity contribution is 5.94. The number of ether oxygens (including phenoxy) is 2. The predicted molar refractivity (Wildman–Crippen MR) is 127 cm³/mol. The van der Waals surface area contributed by atoms with E-state index in [2.05, 4.69) is 16.0 Å². The molecule has 2 aliphatic heterocycles. The molecular weight excluding hydrogens is 414 g/mol. The van der Waals surface area contributed by atoms with Gasteiger partial charge in [0.15, 0.2) is 0 Å². The van der Waals surface area contributed by atoms with Crippen molar-refractivity contribution in [3.63, 3.8) is 0 Å². The number of pyridine rings is 1. The fraction of sp³-hybridized carbons (Fsp3) is 0.556. The lowest BCUT2D eigenvalue weighted by Gasteiger charge is -2.32. The summed E-state index contributed by atoms with van der Waals surface area (Å²) in [6.07, 6.45) is 8.91. The number of nitrogens with zero attached hydrogens (tertiary/aromatic N) is 3. The zero-order valence-electron chi connectivity index (χ0n) is 19.4. The Labute approximate surface area is 196 Å². The predicted octanol–water partition coefficient (Wildman–Crippen LogP) is 4.16. The van der Waals surface area contributed by atoms with Gasteiger partial charge in [-0.15, -0.1) is 0 Å². The number of benzene rings is 1. The number of rotatable bonds is 9. The zero-order chi connectivity index (χ0) is 22.5. The molecule has 3 heterocycles. The lowest BCUT2D eigenvalue weighted by atomic mass is 10.1. The Morgan fingerprint density at radius 2 is 1.85 bits per heavy atom. The van der Waals surface area contributed by atoms with E-state index in [0.29, 0.717) is 12.5 Å². The summed E-state index contributed by atoms with van der Waals surface area (Å²) in [6, 6.07) is 13.8. The van der Waals surface area contributed by atoms with Crippen LogP contribution in [-0.2, 0) is 11.3 Å². The average Bonchev–Trinajstić information content (AvgIpc) is 3.52. The van der Waals surface area contributed by atoms with E-state index in [0.717, 1.165) is 75.5 Å². The Morgan fingerprint density at radius 3 is 2.52 bits per heavy atom. The van der Waals surface area contributed by atoms with E-state index in [-0.39, 0.29) is 18.1 Å². The van der Waals surface area contributed by atoms with Gasteiger partial charge in [0.25, 0.3) is 5.91 Å². The van der Waals surface area contributed by atoms with E-state index < -0.39 is 0 Å². The molecule has 1 unspecified atom stereocenters. The molecule has 6 nitrogen and oxygen atoms in total. The Bertz CT molecular complexity index is 887. The van der Waals surface area contributed by atoms with Gasteiger partial charge in [-0.05, 0) is 80.8 Å². The lowest BCUT2D eigenvalue weighted by molar-refractivity contribution is 0.0515. The number of hydrogen-bond donors (Lipinski definition) is 0. The Balaban J connectivity index is 1.12. The van der Waals surface area contributed by atoms with E-state index in [1.807, 2.05) is 47.5 Å². The topological polar surface area (TPSA) is 54.9 Å². The standard InChI is InChI=1S/C27H35N3O3/c31-27(30(18-21-6-7-21)20-26-5-3-17-32-26)22-8-10-24(11-9-22)33-25-12-15-29(16-13-25)19-23-4-1-2-14-28-23/h1-2,4,8-11,14,21,25-26H,3,5-7,12-13,15-20H2. The maximum atomic E-state index is 13.2. The fourth-order valence-electron chi connectivity index (χ4n) is 4.84. The Hall–Kier alpha value is -2.44. The third-order valence-electron chi connectivity index (χ3n) is 6.96. The van der Waals surface area contributed by atoms with Crippen molar-refractivity contribution in [2.45, 2.75) is 57.3 Å². The van der Waals surface area contributed by atoms with E-state index in [9.17, 15) is 4.79 Å². The summed E-state index contributed by atoms with van der Waals surface area (Å²) >= 11 is 0. The summed E-state index contributed by atoms with van der Waals surface area (Å²) in [6.45, 7) is 5.31. The highest BCUT2D eigenvalue weighted by Crippen LogP contribution is 2.31. The minimum absolute atomic E-state index is 0.117. The summed E-state index contributed by atoms with van der Waals surface area (Å²) in [5, 5.41) is 0. The van der Waals surface area contributed by atoms with Crippen molar-refractivity contribution in [3.05, 3.63) is 59.9 Å². The molecule has 1 amide bonds. The summed E-state index contributed by atoms with van der Waals surface area (Å²) < 4.78 is 12.0. The van der Waals surface area contributed by atoms with Crippen molar-refractivity contribution in [2.24, 2.45) is 5.92 Å². The SMILES string of the molecule is O=C(c1ccc(OC2CCN(Cc3ccccn3)CC2)cc1)N(CC1CC1)CC1CCCO1. The first-order chi connectivity index (χ1) is 16.2. The van der Waals surface area contributed by atoms with E-state index in [1.54, 1.807) is 0 Å². The molecule has 6 heteroatoms. The normalized spacial score (nSPS) is 21.8. The first kappa shape index (κ1) is 22.4. The van der Waals surface area contributed by atoms with Crippen LogP contribution in [0.5, 0.6) is 5.75 Å². The van der Waals surface area contributed by atoms with Gasteiger partial charge in [0.2, 0.25) is 0 Å². The second-order valence-corrected chi connectivity index (χ2v) is 9.73. The van der Waals surface area contributed by atoms with Crippen LogP contribution in [-0.4, -0.2) is 65.7 Å². The Morgan fingerprint density at radius 1 is 1.03 bits per heavy atom. The molecule has 3 aliphatic rings. The molecule has 1 atom stereocenters. The van der Waals surface area contributed by atoms with Gasteiger partial charge in [-0.1, -0.05) is 6.07 Å². The number of carbonyl (C=O) groups excluding carboxylic acids is 1. The van der Waals surface area contributed by atoms with Gasteiger partial charge in [0, 0.05) is 51.1 Å². The average molecular weight is 450 g/mol. The van der Waals surface area contributed by atoms with Crippen molar-refractivity contribution in [1.82, 2.24) is 14.8 Å². The van der Waals surface area contributed by atoms with Gasteiger partial charge < -0.3 is 14.4 Å². The summed E-state index contributed by atoms with van der Waals surface area (Å²) in [7, 11) is 0. The molecule has 176 valence electrons. The number of carbonyl (C=O) groups is 1. The molecule has 0 N–H and O–H groups in total. The van der Waals surface area contributed by atoms with Crippen LogP contribution in [0.4, 0.5) is 0 Å². The first-order valence-corrected chi connectivity index (χ1v) is 12.5. The molecule has 1 aliphatic carbocycles. The molecular formula is C27H35N3O3. The van der Waals surface area contributed by atoms with Crippen LogP contribution in [0, 0.1) is 5.92 Å². The molecule has 2 aromatic rings. The lowest BCUT2D eigenvalue weighted by Crippen LogP contribution is -2.39. The van der Waals surface area contributed by atoms with E-state index in [4.69, 9.17) is 9.47 Å². The van der Waals surface area contributed by atoms with Crippen molar-refractivity contribution in [1.29, 1.82) is 0 Å². The highest BCUT2D eigenvalue weighted by Gasteiger charge is 2.30. The molecule has 2 saturated heterocycles. The number of likely N-dealkylation sites (tertiary alicyclic amines) is 1. The van der Waals surface area contributed by atoms with Crippen molar-refractivity contribution < 1.29 is 14.3 Å². The molecule has 0 radical (unpaired) electrons. The van der Waals surface area contributed by atoms with Crippen LogP contribution in [0.1, 0.15) is 54.6 Å². The monoisotopic (exact) mass is 449 g/mol. The fourth-order valence-corrected chi connectivity index (χ4v) is 4.84. The van der Waals surface area contributed by atoms with Gasteiger partial charge in [0.1, 0.15) is 11.9 Å². The zero-order valence-corrected chi connectivity index (χ0v) is 19.4. The van der Waals surface area contributed by atoms with Crippen LogP contribution < -0.4 is 4.74 Å².